The first-order chi connectivity index (χ1) is 7.95. The Balaban J connectivity index is 1.73. The first-order valence-electron chi connectivity index (χ1n) is 5.80. The second kappa shape index (κ2) is 6.62. The summed E-state index contributed by atoms with van der Waals surface area (Å²) in [6.45, 7) is 0.806. The van der Waals surface area contributed by atoms with Gasteiger partial charge in [0.25, 0.3) is 0 Å². The monoisotopic (exact) mass is 231 g/mol. The molecule has 1 aromatic rings. The molecule has 1 fully saturated rings. The third-order valence-electron chi connectivity index (χ3n) is 2.65. The van der Waals surface area contributed by atoms with Crippen LogP contribution in [0.3, 0.4) is 0 Å². The highest BCUT2D eigenvalue weighted by Gasteiger charge is 2.11. The average Bonchev–Trinajstić information content (AvgIpc) is 2.37. The highest BCUT2D eigenvalue weighted by molar-refractivity contribution is 7.99. The Morgan fingerprint density at radius 3 is 2.94 bits per heavy atom. The third-order valence-corrected chi connectivity index (χ3v) is 3.86. The van der Waals surface area contributed by atoms with E-state index in [-0.39, 0.29) is 0 Å². The molecule has 1 nitrogen and oxygen atoms in total. The quantitative estimate of drug-likeness (QED) is 0.785. The van der Waals surface area contributed by atoms with Crippen molar-refractivity contribution in [3.63, 3.8) is 0 Å². The fourth-order valence-corrected chi connectivity index (χ4v) is 2.87. The van der Waals surface area contributed by atoms with Gasteiger partial charge in [-0.1, -0.05) is 30.0 Å². The Kier molecular flexibility index (Phi) is 4.79. The molecule has 2 rings (SSSR count). The second-order valence-electron chi connectivity index (χ2n) is 3.96. The van der Waals surface area contributed by atoms with E-state index in [1.807, 2.05) is 42.1 Å². The molecular weight excluding hydrogens is 214 g/mol. The van der Waals surface area contributed by atoms with Crippen LogP contribution in [0.2, 0.25) is 0 Å². The summed E-state index contributed by atoms with van der Waals surface area (Å²) in [6, 6.07) is 10.8. The third kappa shape index (κ3) is 3.92. The zero-order valence-electron chi connectivity index (χ0n) is 9.41. The van der Waals surface area contributed by atoms with E-state index in [0.717, 1.165) is 12.1 Å². The van der Waals surface area contributed by atoms with Gasteiger partial charge in [0.1, 0.15) is 0 Å². The zero-order chi connectivity index (χ0) is 11.1. The summed E-state index contributed by atoms with van der Waals surface area (Å²) in [6.07, 6.45) is 2.65. The van der Waals surface area contributed by atoms with Gasteiger partial charge < -0.3 is 5.32 Å². The first kappa shape index (κ1) is 11.6. The van der Waals surface area contributed by atoms with Crippen LogP contribution in [-0.4, -0.2) is 24.1 Å². The van der Waals surface area contributed by atoms with Crippen LogP contribution in [0.25, 0.3) is 0 Å². The molecule has 0 aromatic heterocycles. The van der Waals surface area contributed by atoms with Gasteiger partial charge in [-0.15, -0.1) is 0 Å². The number of hydrogen-bond acceptors (Lipinski definition) is 2. The van der Waals surface area contributed by atoms with Gasteiger partial charge in [0.15, 0.2) is 0 Å². The molecule has 2 heteroatoms. The van der Waals surface area contributed by atoms with Gasteiger partial charge in [-0.25, -0.2) is 0 Å². The van der Waals surface area contributed by atoms with Crippen LogP contribution >= 0.6 is 11.8 Å². The molecule has 1 heterocycles. The molecule has 1 saturated heterocycles. The Morgan fingerprint density at radius 2 is 2.19 bits per heavy atom. The maximum Gasteiger partial charge on any atom is 0.0582 e. The lowest BCUT2D eigenvalue weighted by Gasteiger charge is -2.21. The van der Waals surface area contributed by atoms with E-state index >= 15 is 0 Å². The van der Waals surface area contributed by atoms with E-state index in [1.54, 1.807) is 0 Å². The van der Waals surface area contributed by atoms with Crippen molar-refractivity contribution in [3.05, 3.63) is 35.9 Å². The molecule has 1 aliphatic heterocycles. The SMILES string of the molecule is C(#Cc1ccccc1)CNC1CCCSC1. The lowest BCUT2D eigenvalue weighted by molar-refractivity contribution is 0.538. The predicted molar refractivity (Wildman–Crippen MR) is 71.7 cm³/mol. The van der Waals surface area contributed by atoms with E-state index < -0.39 is 0 Å². The molecule has 1 aromatic carbocycles. The number of rotatable bonds is 2. The van der Waals surface area contributed by atoms with Gasteiger partial charge >= 0.3 is 0 Å². The van der Waals surface area contributed by atoms with E-state index in [1.165, 1.54) is 24.3 Å². The zero-order valence-corrected chi connectivity index (χ0v) is 10.2. The summed E-state index contributed by atoms with van der Waals surface area (Å²) in [7, 11) is 0. The molecule has 16 heavy (non-hydrogen) atoms. The summed E-state index contributed by atoms with van der Waals surface area (Å²) < 4.78 is 0. The fraction of sp³-hybridized carbons (Fsp3) is 0.429. The highest BCUT2D eigenvalue weighted by atomic mass is 32.2. The van der Waals surface area contributed by atoms with Crippen molar-refractivity contribution in [1.82, 2.24) is 5.32 Å². The number of nitrogens with one attached hydrogen (secondary N) is 1. The topological polar surface area (TPSA) is 12.0 Å². The lowest BCUT2D eigenvalue weighted by Crippen LogP contribution is -2.33. The van der Waals surface area contributed by atoms with Gasteiger partial charge in [0, 0.05) is 17.4 Å². The van der Waals surface area contributed by atoms with E-state index in [2.05, 4.69) is 17.2 Å². The number of benzene rings is 1. The summed E-state index contributed by atoms with van der Waals surface area (Å²) in [5.41, 5.74) is 1.10. The molecule has 1 atom stereocenters. The van der Waals surface area contributed by atoms with Gasteiger partial charge in [-0.05, 0) is 30.7 Å². The smallest absolute Gasteiger partial charge is 0.0582 e. The minimum absolute atomic E-state index is 0.670. The van der Waals surface area contributed by atoms with Crippen molar-refractivity contribution < 1.29 is 0 Å². The molecule has 1 N–H and O–H groups in total. The molecule has 1 aliphatic rings. The first-order valence-corrected chi connectivity index (χ1v) is 6.96. The minimum atomic E-state index is 0.670. The lowest BCUT2D eigenvalue weighted by atomic mass is 10.2. The van der Waals surface area contributed by atoms with Crippen LogP contribution in [-0.2, 0) is 0 Å². The van der Waals surface area contributed by atoms with Crippen molar-refractivity contribution in [2.75, 3.05) is 18.1 Å². The second-order valence-corrected chi connectivity index (χ2v) is 5.11. The molecule has 84 valence electrons. The van der Waals surface area contributed by atoms with Crippen LogP contribution in [0.4, 0.5) is 0 Å². The number of hydrogen-bond donors (Lipinski definition) is 1. The van der Waals surface area contributed by atoms with Crippen LogP contribution in [0.15, 0.2) is 30.3 Å². The van der Waals surface area contributed by atoms with E-state index in [0.29, 0.717) is 6.04 Å². The molecule has 0 amide bonds. The number of thioether (sulfide) groups is 1. The Bertz CT molecular complexity index is 357. The Hall–Kier alpha value is -0.910. The van der Waals surface area contributed by atoms with Crippen LogP contribution in [0.5, 0.6) is 0 Å². The van der Waals surface area contributed by atoms with Gasteiger partial charge in [-0.2, -0.15) is 11.8 Å². The molecule has 1 unspecified atom stereocenters. The summed E-state index contributed by atoms with van der Waals surface area (Å²) in [5.74, 6) is 8.91. The molecule has 0 saturated carbocycles. The summed E-state index contributed by atoms with van der Waals surface area (Å²) >= 11 is 2.05. The van der Waals surface area contributed by atoms with E-state index in [4.69, 9.17) is 0 Å². The van der Waals surface area contributed by atoms with Crippen LogP contribution in [0, 0.1) is 11.8 Å². The van der Waals surface area contributed by atoms with Gasteiger partial charge in [0.2, 0.25) is 0 Å². The Labute approximate surface area is 102 Å². The van der Waals surface area contributed by atoms with Crippen molar-refractivity contribution >= 4 is 11.8 Å². The van der Waals surface area contributed by atoms with Crippen molar-refractivity contribution in [3.8, 4) is 11.8 Å². The van der Waals surface area contributed by atoms with Crippen molar-refractivity contribution in [1.29, 1.82) is 0 Å². The summed E-state index contributed by atoms with van der Waals surface area (Å²) in [5, 5.41) is 3.50. The molecule has 0 bridgehead atoms. The normalized spacial score (nSPS) is 19.9. The minimum Gasteiger partial charge on any atom is -0.303 e. The van der Waals surface area contributed by atoms with Crippen molar-refractivity contribution in [2.45, 2.75) is 18.9 Å². The highest BCUT2D eigenvalue weighted by Crippen LogP contribution is 2.16. The van der Waals surface area contributed by atoms with Crippen molar-refractivity contribution in [2.24, 2.45) is 0 Å². The Morgan fingerprint density at radius 1 is 1.31 bits per heavy atom. The molecule has 0 radical (unpaired) electrons. The van der Waals surface area contributed by atoms with Gasteiger partial charge in [-0.3, -0.25) is 0 Å². The van der Waals surface area contributed by atoms with Gasteiger partial charge in [0.05, 0.1) is 6.54 Å². The standard InChI is InChI=1S/C14H17NS/c1-2-6-13(7-3-1)8-4-10-15-14-9-5-11-16-12-14/h1-3,6-7,14-15H,5,9-12H2. The fourth-order valence-electron chi connectivity index (χ4n) is 1.76. The maximum absolute atomic E-state index is 3.50. The molecule has 0 spiro atoms. The molecule has 0 aliphatic carbocycles. The van der Waals surface area contributed by atoms with E-state index in [9.17, 15) is 0 Å². The summed E-state index contributed by atoms with van der Waals surface area (Å²) in [4.78, 5) is 0. The average molecular weight is 231 g/mol. The van der Waals surface area contributed by atoms with Crippen LogP contribution < -0.4 is 5.32 Å². The maximum atomic E-state index is 3.50. The predicted octanol–water partition coefficient (Wildman–Crippen LogP) is 2.52. The largest absolute Gasteiger partial charge is 0.303 e. The molecular formula is C14H17NS. The van der Waals surface area contributed by atoms with Crippen LogP contribution in [0.1, 0.15) is 18.4 Å².